The molecule has 1 aliphatic rings. The third kappa shape index (κ3) is 3.52. The SMILES string of the molecule is O=S(=O)(CCNc1nc2ccccc2s1)N1CCOCC1. The van der Waals surface area contributed by atoms with E-state index < -0.39 is 10.0 Å². The molecule has 6 nitrogen and oxygen atoms in total. The van der Waals surface area contributed by atoms with E-state index in [0.717, 1.165) is 15.3 Å². The van der Waals surface area contributed by atoms with Gasteiger partial charge in [0.15, 0.2) is 5.13 Å². The maximum atomic E-state index is 12.2. The van der Waals surface area contributed by atoms with Gasteiger partial charge in [0.05, 0.1) is 29.2 Å². The molecule has 1 aromatic carbocycles. The molecule has 1 fully saturated rings. The minimum absolute atomic E-state index is 0.0723. The number of nitrogens with zero attached hydrogens (tertiary/aromatic N) is 2. The Morgan fingerprint density at radius 2 is 2.05 bits per heavy atom. The van der Waals surface area contributed by atoms with E-state index in [1.807, 2.05) is 24.3 Å². The molecule has 3 rings (SSSR count). The van der Waals surface area contributed by atoms with E-state index in [1.54, 1.807) is 0 Å². The van der Waals surface area contributed by atoms with Crippen LogP contribution in [0.25, 0.3) is 10.2 Å². The van der Waals surface area contributed by atoms with Gasteiger partial charge in [0, 0.05) is 19.6 Å². The molecule has 0 unspecified atom stereocenters. The summed E-state index contributed by atoms with van der Waals surface area (Å²) in [4.78, 5) is 4.42. The first kappa shape index (κ1) is 14.7. The summed E-state index contributed by atoms with van der Waals surface area (Å²) in [5.41, 5.74) is 0.932. The van der Waals surface area contributed by atoms with Crippen molar-refractivity contribution in [2.24, 2.45) is 0 Å². The Labute approximate surface area is 127 Å². The van der Waals surface area contributed by atoms with Crippen molar-refractivity contribution >= 4 is 36.7 Å². The molecule has 0 atom stereocenters. The molecule has 1 N–H and O–H groups in total. The number of fused-ring (bicyclic) bond motifs is 1. The summed E-state index contributed by atoms with van der Waals surface area (Å²) in [6.07, 6.45) is 0. The fourth-order valence-electron chi connectivity index (χ4n) is 2.19. The summed E-state index contributed by atoms with van der Waals surface area (Å²) in [6, 6.07) is 7.85. The van der Waals surface area contributed by atoms with Gasteiger partial charge in [-0.2, -0.15) is 4.31 Å². The molecule has 2 aromatic rings. The van der Waals surface area contributed by atoms with Crippen molar-refractivity contribution in [3.63, 3.8) is 0 Å². The molecule has 1 aromatic heterocycles. The van der Waals surface area contributed by atoms with Crippen molar-refractivity contribution in [1.29, 1.82) is 0 Å². The molecule has 0 amide bonds. The number of hydrogen-bond donors (Lipinski definition) is 1. The Morgan fingerprint density at radius 3 is 2.81 bits per heavy atom. The van der Waals surface area contributed by atoms with Crippen LogP contribution in [0.2, 0.25) is 0 Å². The predicted molar refractivity (Wildman–Crippen MR) is 84.3 cm³/mol. The molecule has 2 heterocycles. The molecule has 0 aliphatic carbocycles. The van der Waals surface area contributed by atoms with E-state index in [0.29, 0.717) is 32.8 Å². The average molecular weight is 327 g/mol. The number of sulfonamides is 1. The van der Waals surface area contributed by atoms with Crippen molar-refractivity contribution < 1.29 is 13.2 Å². The van der Waals surface area contributed by atoms with Gasteiger partial charge in [-0.25, -0.2) is 13.4 Å². The number of anilines is 1. The molecule has 0 radical (unpaired) electrons. The average Bonchev–Trinajstić information content (AvgIpc) is 2.90. The zero-order chi connectivity index (χ0) is 14.7. The summed E-state index contributed by atoms with van der Waals surface area (Å²) in [5.74, 6) is 0.0723. The number of para-hydroxylation sites is 1. The number of thiazole rings is 1. The Hall–Kier alpha value is -1.22. The molecule has 21 heavy (non-hydrogen) atoms. The van der Waals surface area contributed by atoms with Crippen molar-refractivity contribution in [3.8, 4) is 0 Å². The summed E-state index contributed by atoms with van der Waals surface area (Å²) < 4.78 is 32.1. The number of ether oxygens (including phenoxy) is 1. The van der Waals surface area contributed by atoms with Crippen LogP contribution in [0.1, 0.15) is 0 Å². The first-order chi connectivity index (χ1) is 10.1. The van der Waals surface area contributed by atoms with Gasteiger partial charge < -0.3 is 10.1 Å². The van der Waals surface area contributed by atoms with E-state index in [-0.39, 0.29) is 5.75 Å². The second kappa shape index (κ2) is 6.27. The summed E-state index contributed by atoms with van der Waals surface area (Å²) in [6.45, 7) is 2.21. The highest BCUT2D eigenvalue weighted by Crippen LogP contribution is 2.25. The first-order valence-electron chi connectivity index (χ1n) is 6.80. The van der Waals surface area contributed by atoms with Crippen LogP contribution in [0, 0.1) is 0 Å². The zero-order valence-electron chi connectivity index (χ0n) is 11.5. The lowest BCUT2D eigenvalue weighted by molar-refractivity contribution is 0.0731. The number of rotatable bonds is 5. The Kier molecular flexibility index (Phi) is 4.39. The minimum atomic E-state index is -3.22. The van der Waals surface area contributed by atoms with Crippen molar-refractivity contribution in [2.45, 2.75) is 0 Å². The maximum Gasteiger partial charge on any atom is 0.215 e. The van der Waals surface area contributed by atoms with Crippen LogP contribution in [0.5, 0.6) is 0 Å². The predicted octanol–water partition coefficient (Wildman–Crippen LogP) is 1.37. The van der Waals surface area contributed by atoms with Crippen LogP contribution in [0.4, 0.5) is 5.13 Å². The van der Waals surface area contributed by atoms with Gasteiger partial charge in [0.2, 0.25) is 10.0 Å². The van der Waals surface area contributed by atoms with E-state index in [4.69, 9.17) is 4.74 Å². The van der Waals surface area contributed by atoms with Crippen molar-refractivity contribution in [2.75, 3.05) is 43.9 Å². The lowest BCUT2D eigenvalue weighted by Gasteiger charge is -2.25. The highest BCUT2D eigenvalue weighted by Gasteiger charge is 2.23. The molecular weight excluding hydrogens is 310 g/mol. The van der Waals surface area contributed by atoms with Crippen LogP contribution in [-0.4, -0.2) is 56.3 Å². The summed E-state index contributed by atoms with van der Waals surface area (Å²) in [7, 11) is -3.22. The van der Waals surface area contributed by atoms with Crippen LogP contribution in [-0.2, 0) is 14.8 Å². The number of nitrogens with one attached hydrogen (secondary N) is 1. The van der Waals surface area contributed by atoms with Gasteiger partial charge in [-0.15, -0.1) is 0 Å². The monoisotopic (exact) mass is 327 g/mol. The van der Waals surface area contributed by atoms with Gasteiger partial charge >= 0.3 is 0 Å². The third-order valence-corrected chi connectivity index (χ3v) is 6.16. The quantitative estimate of drug-likeness (QED) is 0.898. The van der Waals surface area contributed by atoms with E-state index in [1.165, 1.54) is 15.6 Å². The fourth-order valence-corrected chi connectivity index (χ4v) is 4.40. The lowest BCUT2D eigenvalue weighted by Crippen LogP contribution is -2.42. The Morgan fingerprint density at radius 1 is 1.29 bits per heavy atom. The van der Waals surface area contributed by atoms with E-state index in [9.17, 15) is 8.42 Å². The van der Waals surface area contributed by atoms with Gasteiger partial charge in [-0.1, -0.05) is 23.5 Å². The second-order valence-electron chi connectivity index (χ2n) is 4.74. The van der Waals surface area contributed by atoms with Crippen LogP contribution in [0.15, 0.2) is 24.3 Å². The maximum absolute atomic E-state index is 12.2. The molecule has 8 heteroatoms. The van der Waals surface area contributed by atoms with Gasteiger partial charge in [-0.05, 0) is 12.1 Å². The van der Waals surface area contributed by atoms with Gasteiger partial charge in [0.1, 0.15) is 0 Å². The zero-order valence-corrected chi connectivity index (χ0v) is 13.1. The van der Waals surface area contributed by atoms with Gasteiger partial charge in [0.25, 0.3) is 0 Å². The van der Waals surface area contributed by atoms with E-state index in [2.05, 4.69) is 10.3 Å². The smallest absolute Gasteiger partial charge is 0.215 e. The van der Waals surface area contributed by atoms with Crippen LogP contribution < -0.4 is 5.32 Å². The van der Waals surface area contributed by atoms with Gasteiger partial charge in [-0.3, -0.25) is 0 Å². The molecular formula is C13H17N3O3S2. The molecule has 114 valence electrons. The number of aromatic nitrogens is 1. The molecule has 1 saturated heterocycles. The molecule has 0 saturated carbocycles. The highest BCUT2D eigenvalue weighted by atomic mass is 32.2. The van der Waals surface area contributed by atoms with Crippen molar-refractivity contribution in [3.05, 3.63) is 24.3 Å². The van der Waals surface area contributed by atoms with Crippen LogP contribution in [0.3, 0.4) is 0 Å². The number of hydrogen-bond acceptors (Lipinski definition) is 6. The first-order valence-corrected chi connectivity index (χ1v) is 9.23. The van der Waals surface area contributed by atoms with Crippen molar-refractivity contribution in [1.82, 2.24) is 9.29 Å². The minimum Gasteiger partial charge on any atom is -0.379 e. The van der Waals surface area contributed by atoms with Crippen LogP contribution >= 0.6 is 11.3 Å². The number of benzene rings is 1. The second-order valence-corrected chi connectivity index (χ2v) is 7.86. The summed E-state index contributed by atoms with van der Waals surface area (Å²) >= 11 is 1.53. The topological polar surface area (TPSA) is 71.5 Å². The molecule has 0 spiro atoms. The Bertz CT molecular complexity index is 675. The normalized spacial score (nSPS) is 17.1. The largest absolute Gasteiger partial charge is 0.379 e. The summed E-state index contributed by atoms with van der Waals surface area (Å²) in [5, 5.41) is 3.86. The molecule has 0 bridgehead atoms. The van der Waals surface area contributed by atoms with E-state index >= 15 is 0 Å². The fraction of sp³-hybridized carbons (Fsp3) is 0.462. The standard InChI is InChI=1S/C13H17N3O3S2/c17-21(18,16-6-8-19-9-7-16)10-5-14-13-15-11-3-1-2-4-12(11)20-13/h1-4H,5-10H2,(H,14,15). The number of morpholine rings is 1. The molecule has 1 aliphatic heterocycles. The Balaban J connectivity index is 1.57. The highest BCUT2D eigenvalue weighted by molar-refractivity contribution is 7.89. The third-order valence-electron chi connectivity index (χ3n) is 3.29. The lowest BCUT2D eigenvalue weighted by atomic mass is 10.3.